The van der Waals surface area contributed by atoms with Gasteiger partial charge >= 0.3 is 0 Å². The second-order valence-corrected chi connectivity index (χ2v) is 9.22. The van der Waals surface area contributed by atoms with Crippen LogP contribution in [0.1, 0.15) is 48.4 Å². The normalized spacial score (nSPS) is 16.3. The number of carbonyl (C=O) groups is 1. The van der Waals surface area contributed by atoms with Crippen LogP contribution in [0.5, 0.6) is 0 Å². The fraction of sp³-hybridized carbons (Fsp3) is 0.240. The zero-order valence-electron chi connectivity index (χ0n) is 17.3. The highest BCUT2D eigenvalue weighted by atomic mass is 32.2. The first kappa shape index (κ1) is 19.6. The molecule has 29 heavy (non-hydrogen) atoms. The van der Waals surface area contributed by atoms with E-state index in [4.69, 9.17) is 0 Å². The minimum absolute atomic E-state index is 0.0156. The summed E-state index contributed by atoms with van der Waals surface area (Å²) in [6.45, 7) is 6.59. The minimum atomic E-state index is -0.256. The Kier molecular flexibility index (Phi) is 5.13. The van der Waals surface area contributed by atoms with Crippen molar-refractivity contribution in [1.82, 2.24) is 0 Å². The van der Waals surface area contributed by atoms with E-state index in [1.54, 1.807) is 11.8 Å². The number of thioether (sulfide) groups is 1. The molecular formula is C25H26N2OS. The lowest BCUT2D eigenvalue weighted by molar-refractivity contribution is 0.0975. The summed E-state index contributed by atoms with van der Waals surface area (Å²) < 4.78 is 0. The molecule has 4 rings (SSSR count). The molecule has 4 heteroatoms. The minimum Gasteiger partial charge on any atom is -0.360 e. The first-order chi connectivity index (χ1) is 13.9. The van der Waals surface area contributed by atoms with Crippen molar-refractivity contribution >= 4 is 29.0 Å². The van der Waals surface area contributed by atoms with Gasteiger partial charge in [-0.3, -0.25) is 9.69 Å². The van der Waals surface area contributed by atoms with Gasteiger partial charge in [0.05, 0.1) is 5.56 Å². The van der Waals surface area contributed by atoms with Crippen molar-refractivity contribution in [3.63, 3.8) is 0 Å². The highest BCUT2D eigenvalue weighted by molar-refractivity contribution is 7.98. The molecule has 148 valence electrons. The maximum absolute atomic E-state index is 13.5. The number of nitrogens with one attached hydrogen (secondary N) is 1. The lowest BCUT2D eigenvalue weighted by Gasteiger charge is -2.38. The Labute approximate surface area is 177 Å². The molecule has 0 fully saturated rings. The van der Waals surface area contributed by atoms with Crippen LogP contribution in [0.25, 0.3) is 0 Å². The SMILES string of the molecule is CSc1ccc([C@H]2Nc3ccccc3C(=O)N2c2ccc(C(C)(C)C)cc2)cc1. The van der Waals surface area contributed by atoms with Gasteiger partial charge in [0.1, 0.15) is 6.17 Å². The number of anilines is 2. The van der Waals surface area contributed by atoms with E-state index >= 15 is 0 Å². The number of hydrogen-bond donors (Lipinski definition) is 1. The molecule has 0 aromatic heterocycles. The Morgan fingerprint density at radius 3 is 2.17 bits per heavy atom. The molecule has 1 heterocycles. The van der Waals surface area contributed by atoms with Crippen molar-refractivity contribution in [2.24, 2.45) is 0 Å². The predicted molar refractivity (Wildman–Crippen MR) is 123 cm³/mol. The maximum atomic E-state index is 13.5. The zero-order valence-corrected chi connectivity index (χ0v) is 18.1. The highest BCUT2D eigenvalue weighted by Crippen LogP contribution is 2.37. The van der Waals surface area contributed by atoms with E-state index in [2.05, 4.69) is 80.9 Å². The van der Waals surface area contributed by atoms with Gasteiger partial charge < -0.3 is 5.32 Å². The van der Waals surface area contributed by atoms with Crippen LogP contribution in [0.4, 0.5) is 11.4 Å². The summed E-state index contributed by atoms with van der Waals surface area (Å²) in [5, 5.41) is 3.57. The number of benzene rings is 3. The van der Waals surface area contributed by atoms with Crippen LogP contribution in [0.2, 0.25) is 0 Å². The van der Waals surface area contributed by atoms with E-state index < -0.39 is 0 Å². The molecule has 1 N–H and O–H groups in total. The summed E-state index contributed by atoms with van der Waals surface area (Å²) >= 11 is 1.71. The van der Waals surface area contributed by atoms with Crippen LogP contribution in [0.3, 0.4) is 0 Å². The quantitative estimate of drug-likeness (QED) is 0.509. The zero-order chi connectivity index (χ0) is 20.6. The molecule has 1 aliphatic rings. The number of hydrogen-bond acceptors (Lipinski definition) is 3. The molecule has 3 nitrogen and oxygen atoms in total. The fourth-order valence-electron chi connectivity index (χ4n) is 3.66. The largest absolute Gasteiger partial charge is 0.360 e. The van der Waals surface area contributed by atoms with Crippen LogP contribution in [0, 0.1) is 0 Å². The van der Waals surface area contributed by atoms with E-state index in [-0.39, 0.29) is 17.5 Å². The Bertz CT molecular complexity index is 1020. The summed E-state index contributed by atoms with van der Waals surface area (Å²) in [6.07, 6.45) is 1.81. The molecule has 0 spiro atoms. The third kappa shape index (κ3) is 3.77. The Hall–Kier alpha value is -2.72. The highest BCUT2D eigenvalue weighted by Gasteiger charge is 2.34. The van der Waals surface area contributed by atoms with Crippen molar-refractivity contribution in [3.8, 4) is 0 Å². The van der Waals surface area contributed by atoms with Gasteiger partial charge in [0.15, 0.2) is 0 Å². The lowest BCUT2D eigenvalue weighted by Crippen LogP contribution is -2.43. The van der Waals surface area contributed by atoms with Crippen molar-refractivity contribution in [3.05, 3.63) is 89.5 Å². The number of carbonyl (C=O) groups excluding carboxylic acids is 1. The monoisotopic (exact) mass is 402 g/mol. The molecular weight excluding hydrogens is 376 g/mol. The molecule has 0 aliphatic carbocycles. The first-order valence-electron chi connectivity index (χ1n) is 9.82. The fourth-order valence-corrected chi connectivity index (χ4v) is 4.07. The second-order valence-electron chi connectivity index (χ2n) is 8.34. The summed E-state index contributed by atoms with van der Waals surface area (Å²) in [5.41, 5.74) is 4.85. The summed E-state index contributed by atoms with van der Waals surface area (Å²) in [5.74, 6) is 0.0156. The third-order valence-corrected chi connectivity index (χ3v) is 6.11. The van der Waals surface area contributed by atoms with Crippen molar-refractivity contribution in [1.29, 1.82) is 0 Å². The van der Waals surface area contributed by atoms with Gasteiger partial charge in [0, 0.05) is 16.3 Å². The Morgan fingerprint density at radius 1 is 0.897 bits per heavy atom. The smallest absolute Gasteiger partial charge is 0.262 e. The van der Waals surface area contributed by atoms with Gasteiger partial charge in [-0.05, 0) is 59.2 Å². The Morgan fingerprint density at radius 2 is 1.55 bits per heavy atom. The molecule has 1 atom stereocenters. The number of para-hydroxylation sites is 1. The van der Waals surface area contributed by atoms with Gasteiger partial charge in [0.2, 0.25) is 0 Å². The molecule has 0 bridgehead atoms. The van der Waals surface area contributed by atoms with E-state index in [1.165, 1.54) is 10.5 Å². The Balaban J connectivity index is 1.79. The van der Waals surface area contributed by atoms with Crippen molar-refractivity contribution in [2.75, 3.05) is 16.5 Å². The van der Waals surface area contributed by atoms with E-state index in [9.17, 15) is 4.79 Å². The average Bonchev–Trinajstić information content (AvgIpc) is 2.73. The molecule has 0 radical (unpaired) electrons. The van der Waals surface area contributed by atoms with Gasteiger partial charge in [-0.1, -0.05) is 57.2 Å². The molecule has 0 unspecified atom stereocenters. The average molecular weight is 403 g/mol. The van der Waals surface area contributed by atoms with Gasteiger partial charge in [0.25, 0.3) is 5.91 Å². The molecule has 3 aromatic carbocycles. The topological polar surface area (TPSA) is 32.3 Å². The van der Waals surface area contributed by atoms with Gasteiger partial charge in [-0.15, -0.1) is 11.8 Å². The second kappa shape index (κ2) is 7.60. The van der Waals surface area contributed by atoms with Crippen LogP contribution in [0.15, 0.2) is 77.7 Å². The van der Waals surface area contributed by atoms with Crippen LogP contribution < -0.4 is 10.2 Å². The van der Waals surface area contributed by atoms with E-state index in [0.29, 0.717) is 5.56 Å². The van der Waals surface area contributed by atoms with E-state index in [1.807, 2.05) is 29.2 Å². The van der Waals surface area contributed by atoms with Crippen LogP contribution in [-0.4, -0.2) is 12.2 Å². The first-order valence-corrected chi connectivity index (χ1v) is 11.0. The van der Waals surface area contributed by atoms with Crippen LogP contribution >= 0.6 is 11.8 Å². The number of amides is 1. The van der Waals surface area contributed by atoms with E-state index in [0.717, 1.165) is 16.9 Å². The predicted octanol–water partition coefficient (Wildman–Crippen LogP) is 6.48. The van der Waals surface area contributed by atoms with Crippen molar-refractivity contribution < 1.29 is 4.79 Å². The molecule has 1 amide bonds. The van der Waals surface area contributed by atoms with Crippen molar-refractivity contribution in [2.45, 2.75) is 37.2 Å². The maximum Gasteiger partial charge on any atom is 0.262 e. The summed E-state index contributed by atoms with van der Waals surface area (Å²) in [6, 6.07) is 24.5. The van der Waals surface area contributed by atoms with Crippen LogP contribution in [-0.2, 0) is 5.41 Å². The third-order valence-electron chi connectivity index (χ3n) is 5.37. The number of rotatable bonds is 3. The number of fused-ring (bicyclic) bond motifs is 1. The summed E-state index contributed by atoms with van der Waals surface area (Å²) in [4.78, 5) is 16.6. The molecule has 3 aromatic rings. The summed E-state index contributed by atoms with van der Waals surface area (Å²) in [7, 11) is 0. The van der Waals surface area contributed by atoms with Gasteiger partial charge in [-0.2, -0.15) is 0 Å². The molecule has 1 aliphatic heterocycles. The molecule has 0 saturated carbocycles. The molecule has 0 saturated heterocycles. The van der Waals surface area contributed by atoms with Gasteiger partial charge in [-0.25, -0.2) is 0 Å². The lowest BCUT2D eigenvalue weighted by atomic mass is 9.87. The standard InChI is InChI=1S/C25H26N2OS/c1-25(2,3)18-11-13-19(14-12-18)27-23(17-9-15-20(29-4)16-10-17)26-22-8-6-5-7-21(22)24(27)28/h5-16,23,26H,1-4H3/t23-/m0/s1. The number of nitrogens with zero attached hydrogens (tertiary/aromatic N) is 1.